The molecule has 4 rings (SSSR count). The Morgan fingerprint density at radius 1 is 1.32 bits per heavy atom. The van der Waals surface area contributed by atoms with Crippen LogP contribution in [0.4, 0.5) is 0 Å². The van der Waals surface area contributed by atoms with Crippen LogP contribution in [0.5, 0.6) is 0 Å². The van der Waals surface area contributed by atoms with E-state index in [9.17, 15) is 8.42 Å². The van der Waals surface area contributed by atoms with Crippen molar-refractivity contribution >= 4 is 43.6 Å². The van der Waals surface area contributed by atoms with Gasteiger partial charge in [-0.15, -0.1) is 0 Å². The molecule has 2 aromatic heterocycles. The molecule has 6 nitrogen and oxygen atoms in total. The predicted octanol–water partition coefficient (Wildman–Crippen LogP) is 2.60. The first-order valence-electron chi connectivity index (χ1n) is 6.84. The molecule has 1 aliphatic carbocycles. The van der Waals surface area contributed by atoms with Crippen molar-refractivity contribution in [2.24, 2.45) is 0 Å². The lowest BCUT2D eigenvalue weighted by Gasteiger charge is -2.12. The Morgan fingerprint density at radius 3 is 2.82 bits per heavy atom. The van der Waals surface area contributed by atoms with Crippen molar-refractivity contribution in [3.63, 3.8) is 0 Å². The lowest BCUT2D eigenvalue weighted by atomic mass is 10.2. The van der Waals surface area contributed by atoms with Crippen LogP contribution in [0.1, 0.15) is 19.8 Å². The van der Waals surface area contributed by atoms with E-state index in [-0.39, 0.29) is 10.4 Å². The van der Waals surface area contributed by atoms with Gasteiger partial charge in [0, 0.05) is 16.4 Å². The van der Waals surface area contributed by atoms with Crippen LogP contribution in [-0.2, 0) is 10.0 Å². The van der Waals surface area contributed by atoms with E-state index in [1.54, 1.807) is 18.2 Å². The van der Waals surface area contributed by atoms with Crippen molar-refractivity contribution in [1.29, 1.82) is 0 Å². The number of hydrogen-bond acceptors (Lipinski definition) is 4. The van der Waals surface area contributed by atoms with E-state index in [1.807, 2.05) is 6.92 Å². The van der Waals surface area contributed by atoms with Gasteiger partial charge in [0.25, 0.3) is 0 Å². The summed E-state index contributed by atoms with van der Waals surface area (Å²) in [4.78, 5) is 11.4. The first-order valence-corrected chi connectivity index (χ1v) is 8.70. The number of nitrogens with zero attached hydrogens (tertiary/aromatic N) is 2. The van der Waals surface area contributed by atoms with E-state index >= 15 is 0 Å². The van der Waals surface area contributed by atoms with Crippen LogP contribution in [-0.4, -0.2) is 28.9 Å². The third-order valence-electron chi connectivity index (χ3n) is 4.01. The van der Waals surface area contributed by atoms with Gasteiger partial charge >= 0.3 is 0 Å². The van der Waals surface area contributed by atoms with E-state index in [0.29, 0.717) is 21.7 Å². The maximum Gasteiger partial charge on any atom is 0.241 e. The van der Waals surface area contributed by atoms with Gasteiger partial charge in [-0.25, -0.2) is 23.1 Å². The van der Waals surface area contributed by atoms with Crippen LogP contribution in [0.3, 0.4) is 0 Å². The summed E-state index contributed by atoms with van der Waals surface area (Å²) in [6.07, 6.45) is 3.10. The summed E-state index contributed by atoms with van der Waals surface area (Å²) in [6, 6.07) is 4.90. The number of halogens is 1. The standard InChI is InChI=1S/C14H13ClN4O2S/c1-14(4-5-14)19-22(20,21)8-2-3-9-10(6-8)18-13-11(9)12(15)16-7-17-13/h2-3,6-7,19H,4-5H2,1H3,(H,16,17,18). The lowest BCUT2D eigenvalue weighted by Crippen LogP contribution is -2.34. The molecule has 0 radical (unpaired) electrons. The third kappa shape index (κ3) is 2.16. The average molecular weight is 337 g/mol. The van der Waals surface area contributed by atoms with Crippen molar-refractivity contribution < 1.29 is 8.42 Å². The van der Waals surface area contributed by atoms with Gasteiger partial charge in [0.1, 0.15) is 17.1 Å². The molecule has 2 heterocycles. The molecule has 8 heteroatoms. The number of rotatable bonds is 3. The number of nitrogens with one attached hydrogen (secondary N) is 2. The highest BCUT2D eigenvalue weighted by Gasteiger charge is 2.41. The second-order valence-electron chi connectivity index (χ2n) is 5.89. The molecule has 0 atom stereocenters. The number of hydrogen-bond donors (Lipinski definition) is 2. The predicted molar refractivity (Wildman–Crippen MR) is 84.4 cm³/mol. The summed E-state index contributed by atoms with van der Waals surface area (Å²) in [5.41, 5.74) is 0.955. The van der Waals surface area contributed by atoms with Crippen LogP contribution in [0.15, 0.2) is 29.4 Å². The molecule has 0 bridgehead atoms. The molecule has 0 amide bonds. The van der Waals surface area contributed by atoms with E-state index in [2.05, 4.69) is 19.7 Å². The van der Waals surface area contributed by atoms with Gasteiger partial charge in [-0.1, -0.05) is 17.7 Å². The van der Waals surface area contributed by atoms with Crippen molar-refractivity contribution in [2.45, 2.75) is 30.2 Å². The molecular weight excluding hydrogens is 324 g/mol. The first kappa shape index (κ1) is 13.9. The zero-order chi connectivity index (χ0) is 15.5. The first-order chi connectivity index (χ1) is 10.4. The maximum atomic E-state index is 12.4. The molecule has 0 spiro atoms. The zero-order valence-corrected chi connectivity index (χ0v) is 13.3. The molecule has 0 aliphatic heterocycles. The number of aromatic nitrogens is 3. The van der Waals surface area contributed by atoms with Crippen LogP contribution < -0.4 is 4.72 Å². The molecule has 1 aliphatic rings. The Morgan fingerprint density at radius 2 is 2.09 bits per heavy atom. The van der Waals surface area contributed by atoms with Gasteiger partial charge in [0.2, 0.25) is 10.0 Å². The van der Waals surface area contributed by atoms with Crippen LogP contribution in [0, 0.1) is 0 Å². The Bertz CT molecular complexity index is 1010. The van der Waals surface area contributed by atoms with Gasteiger partial charge in [0.15, 0.2) is 0 Å². The highest BCUT2D eigenvalue weighted by molar-refractivity contribution is 7.89. The Hall–Kier alpha value is -1.70. The largest absolute Gasteiger partial charge is 0.339 e. The third-order valence-corrected chi connectivity index (χ3v) is 5.93. The molecule has 3 aromatic rings. The average Bonchev–Trinajstić information content (AvgIpc) is 3.03. The Balaban J connectivity index is 1.87. The van der Waals surface area contributed by atoms with Crippen LogP contribution >= 0.6 is 11.6 Å². The van der Waals surface area contributed by atoms with E-state index in [0.717, 1.165) is 18.2 Å². The van der Waals surface area contributed by atoms with Crippen LogP contribution in [0.2, 0.25) is 5.15 Å². The van der Waals surface area contributed by atoms with Gasteiger partial charge in [0.05, 0.1) is 10.3 Å². The van der Waals surface area contributed by atoms with Gasteiger partial charge in [-0.3, -0.25) is 0 Å². The van der Waals surface area contributed by atoms with Gasteiger partial charge < -0.3 is 4.98 Å². The number of aromatic amines is 1. The molecule has 1 aromatic carbocycles. The molecule has 22 heavy (non-hydrogen) atoms. The minimum absolute atomic E-state index is 0.226. The van der Waals surface area contributed by atoms with Crippen molar-refractivity contribution in [3.8, 4) is 0 Å². The van der Waals surface area contributed by atoms with Crippen molar-refractivity contribution in [2.75, 3.05) is 0 Å². The molecule has 0 saturated heterocycles. The van der Waals surface area contributed by atoms with Crippen molar-refractivity contribution in [3.05, 3.63) is 29.7 Å². The van der Waals surface area contributed by atoms with Gasteiger partial charge in [-0.2, -0.15) is 0 Å². The highest BCUT2D eigenvalue weighted by atomic mass is 35.5. The zero-order valence-electron chi connectivity index (χ0n) is 11.7. The summed E-state index contributed by atoms with van der Waals surface area (Å²) in [5, 5.41) is 1.85. The monoisotopic (exact) mass is 336 g/mol. The molecular formula is C14H13ClN4O2S. The summed E-state index contributed by atoms with van der Waals surface area (Å²) >= 11 is 6.10. The SMILES string of the molecule is CC1(NS(=O)(=O)c2ccc3c(c2)[nH]c2ncnc(Cl)c23)CC1. The quantitative estimate of drug-likeness (QED) is 0.720. The Labute approximate surface area is 132 Å². The topological polar surface area (TPSA) is 87.7 Å². The number of sulfonamides is 1. The fraction of sp³-hybridized carbons (Fsp3) is 0.286. The molecule has 0 unspecified atom stereocenters. The van der Waals surface area contributed by atoms with E-state index in [4.69, 9.17) is 11.6 Å². The number of fused-ring (bicyclic) bond motifs is 3. The fourth-order valence-electron chi connectivity index (χ4n) is 2.51. The number of benzene rings is 1. The molecule has 1 fully saturated rings. The summed E-state index contributed by atoms with van der Waals surface area (Å²) < 4.78 is 27.6. The van der Waals surface area contributed by atoms with E-state index in [1.165, 1.54) is 6.33 Å². The summed E-state index contributed by atoms with van der Waals surface area (Å²) in [7, 11) is -3.53. The second-order valence-corrected chi connectivity index (χ2v) is 7.93. The number of H-pyrrole nitrogens is 1. The normalized spacial score (nSPS) is 17.2. The highest BCUT2D eigenvalue weighted by Crippen LogP contribution is 2.36. The lowest BCUT2D eigenvalue weighted by molar-refractivity contribution is 0.558. The molecule has 114 valence electrons. The maximum absolute atomic E-state index is 12.4. The van der Waals surface area contributed by atoms with Crippen molar-refractivity contribution in [1.82, 2.24) is 19.7 Å². The second kappa shape index (κ2) is 4.41. The van der Waals surface area contributed by atoms with Gasteiger partial charge in [-0.05, 0) is 31.9 Å². The fourth-order valence-corrected chi connectivity index (χ4v) is 4.24. The van der Waals surface area contributed by atoms with Crippen LogP contribution in [0.25, 0.3) is 21.9 Å². The minimum Gasteiger partial charge on any atom is -0.339 e. The van der Waals surface area contributed by atoms with E-state index < -0.39 is 10.0 Å². The molecule has 1 saturated carbocycles. The summed E-state index contributed by atoms with van der Waals surface area (Å²) in [5.74, 6) is 0. The Kier molecular flexibility index (Phi) is 2.79. The smallest absolute Gasteiger partial charge is 0.241 e. The summed E-state index contributed by atoms with van der Waals surface area (Å²) in [6.45, 7) is 1.90. The molecule has 2 N–H and O–H groups in total. The minimum atomic E-state index is -3.53.